The highest BCUT2D eigenvalue weighted by Gasteiger charge is 2.06. The third-order valence-electron chi connectivity index (χ3n) is 4.59. The van der Waals surface area contributed by atoms with Gasteiger partial charge in [0, 0.05) is 29.4 Å². The van der Waals surface area contributed by atoms with Crippen molar-refractivity contribution in [2.45, 2.75) is 19.3 Å². The van der Waals surface area contributed by atoms with E-state index in [1.165, 1.54) is 32.4 Å². The molecule has 0 unspecified atom stereocenters. The first-order valence-electron chi connectivity index (χ1n) is 8.96. The maximum atomic E-state index is 10.7. The van der Waals surface area contributed by atoms with Crippen molar-refractivity contribution >= 4 is 17.3 Å². The molecule has 3 heterocycles. The summed E-state index contributed by atoms with van der Waals surface area (Å²) in [6, 6.07) is 11.5. The van der Waals surface area contributed by atoms with Gasteiger partial charge < -0.3 is 14.2 Å². The number of aromatic nitrogens is 2. The normalized spacial score (nSPS) is 14.5. The monoisotopic (exact) mass is 351 g/mol. The molecule has 0 bridgehead atoms. The zero-order valence-corrected chi connectivity index (χ0v) is 15.4. The molecule has 0 aliphatic carbocycles. The van der Waals surface area contributed by atoms with Crippen LogP contribution in [0.2, 0.25) is 0 Å². The number of hydrogen-bond acceptors (Lipinski definition) is 4. The molecule has 0 atom stereocenters. The number of benzene rings is 1. The van der Waals surface area contributed by atoms with Crippen LogP contribution in [0.3, 0.4) is 0 Å². The van der Waals surface area contributed by atoms with Crippen LogP contribution in [0.4, 0.5) is 0 Å². The van der Waals surface area contributed by atoms with Gasteiger partial charge in [-0.1, -0.05) is 12.5 Å². The molecule has 0 radical (unpaired) electrons. The SMILES string of the molecule is CN1CCCCC1.COc1cccc(-n2ccc3cc(C=O)cnc32)c1. The van der Waals surface area contributed by atoms with Gasteiger partial charge in [-0.25, -0.2) is 4.98 Å². The summed E-state index contributed by atoms with van der Waals surface area (Å²) in [7, 11) is 3.83. The Morgan fingerprint density at radius 1 is 1.12 bits per heavy atom. The van der Waals surface area contributed by atoms with E-state index in [-0.39, 0.29) is 0 Å². The Kier molecular flexibility index (Phi) is 6.02. The van der Waals surface area contributed by atoms with Crippen LogP contribution in [0.25, 0.3) is 16.7 Å². The minimum atomic E-state index is 0.580. The maximum Gasteiger partial charge on any atom is 0.151 e. The third-order valence-corrected chi connectivity index (χ3v) is 4.59. The number of ether oxygens (including phenoxy) is 1. The number of piperidine rings is 1. The number of pyridine rings is 1. The summed E-state index contributed by atoms with van der Waals surface area (Å²) in [4.78, 5) is 17.5. The molecule has 3 aromatic rings. The molecule has 0 spiro atoms. The number of likely N-dealkylation sites (tertiary alicyclic amines) is 1. The van der Waals surface area contributed by atoms with E-state index >= 15 is 0 Å². The Morgan fingerprint density at radius 2 is 1.92 bits per heavy atom. The number of rotatable bonds is 3. The Bertz CT molecular complexity index is 867. The molecule has 136 valence electrons. The lowest BCUT2D eigenvalue weighted by atomic mass is 10.1. The lowest BCUT2D eigenvalue weighted by Gasteiger charge is -2.20. The lowest BCUT2D eigenvalue weighted by Crippen LogP contribution is -2.24. The zero-order valence-electron chi connectivity index (χ0n) is 15.4. The average molecular weight is 351 g/mol. The van der Waals surface area contributed by atoms with E-state index in [0.717, 1.165) is 28.8 Å². The van der Waals surface area contributed by atoms with E-state index in [1.807, 2.05) is 47.2 Å². The van der Waals surface area contributed by atoms with E-state index in [0.29, 0.717) is 5.56 Å². The fourth-order valence-electron chi connectivity index (χ4n) is 3.13. The molecule has 0 amide bonds. The van der Waals surface area contributed by atoms with Gasteiger partial charge >= 0.3 is 0 Å². The van der Waals surface area contributed by atoms with E-state index < -0.39 is 0 Å². The zero-order chi connectivity index (χ0) is 18.4. The molecular formula is C21H25N3O2. The summed E-state index contributed by atoms with van der Waals surface area (Å²) >= 11 is 0. The highest BCUT2D eigenvalue weighted by molar-refractivity contribution is 5.85. The molecular weight excluding hydrogens is 326 g/mol. The molecule has 0 N–H and O–H groups in total. The van der Waals surface area contributed by atoms with Gasteiger partial charge in [-0.15, -0.1) is 0 Å². The topological polar surface area (TPSA) is 47.4 Å². The smallest absolute Gasteiger partial charge is 0.151 e. The molecule has 2 aromatic heterocycles. The van der Waals surface area contributed by atoms with Crippen LogP contribution in [0.1, 0.15) is 29.6 Å². The van der Waals surface area contributed by atoms with Gasteiger partial charge in [0.25, 0.3) is 0 Å². The minimum Gasteiger partial charge on any atom is -0.497 e. The number of fused-ring (bicyclic) bond motifs is 1. The van der Waals surface area contributed by atoms with Gasteiger partial charge in [-0.2, -0.15) is 0 Å². The van der Waals surface area contributed by atoms with E-state index in [2.05, 4.69) is 16.9 Å². The number of carbonyl (C=O) groups excluding carboxylic acids is 1. The summed E-state index contributed by atoms with van der Waals surface area (Å²) in [5, 5.41) is 0.937. The molecule has 1 aromatic carbocycles. The average Bonchev–Trinajstić information content (AvgIpc) is 3.12. The van der Waals surface area contributed by atoms with Crippen LogP contribution in [-0.2, 0) is 0 Å². The largest absolute Gasteiger partial charge is 0.497 e. The van der Waals surface area contributed by atoms with Crippen molar-refractivity contribution in [2.24, 2.45) is 0 Å². The van der Waals surface area contributed by atoms with Crippen LogP contribution < -0.4 is 4.74 Å². The molecule has 26 heavy (non-hydrogen) atoms. The van der Waals surface area contributed by atoms with Crippen LogP contribution >= 0.6 is 0 Å². The van der Waals surface area contributed by atoms with Gasteiger partial charge in [0.15, 0.2) is 6.29 Å². The first kappa shape index (κ1) is 18.1. The standard InChI is InChI=1S/C15H12N2O2.C6H13N/c1-19-14-4-2-3-13(8-14)17-6-5-12-7-11(10-18)9-16-15(12)17;1-7-5-3-2-4-6-7/h2-10H,1H3;2-6H2,1H3. The number of hydrogen-bond donors (Lipinski definition) is 0. The Labute approximate surface area is 154 Å². The van der Waals surface area contributed by atoms with Gasteiger partial charge in [-0.3, -0.25) is 4.79 Å². The highest BCUT2D eigenvalue weighted by Crippen LogP contribution is 2.22. The molecule has 1 aliphatic rings. The van der Waals surface area contributed by atoms with E-state index in [4.69, 9.17) is 4.74 Å². The van der Waals surface area contributed by atoms with Crippen molar-refractivity contribution < 1.29 is 9.53 Å². The predicted octanol–water partition coefficient (Wildman–Crippen LogP) is 3.95. The second-order valence-electron chi connectivity index (χ2n) is 6.55. The first-order chi connectivity index (χ1) is 12.7. The van der Waals surface area contributed by atoms with Crippen molar-refractivity contribution in [1.82, 2.24) is 14.5 Å². The Hall–Kier alpha value is -2.66. The van der Waals surface area contributed by atoms with Crippen LogP contribution in [-0.4, -0.2) is 48.0 Å². The highest BCUT2D eigenvalue weighted by atomic mass is 16.5. The van der Waals surface area contributed by atoms with Crippen LogP contribution in [0.5, 0.6) is 5.75 Å². The van der Waals surface area contributed by atoms with Gasteiger partial charge in [0.1, 0.15) is 11.4 Å². The van der Waals surface area contributed by atoms with Gasteiger partial charge in [0.05, 0.1) is 12.8 Å². The van der Waals surface area contributed by atoms with Crippen LogP contribution in [0, 0.1) is 0 Å². The molecule has 1 fully saturated rings. The predicted molar refractivity (Wildman–Crippen MR) is 104 cm³/mol. The van der Waals surface area contributed by atoms with Crippen molar-refractivity contribution in [3.8, 4) is 11.4 Å². The summed E-state index contributed by atoms with van der Waals surface area (Å²) in [5.41, 5.74) is 2.37. The Morgan fingerprint density at radius 3 is 2.58 bits per heavy atom. The second-order valence-corrected chi connectivity index (χ2v) is 6.55. The maximum absolute atomic E-state index is 10.7. The summed E-state index contributed by atoms with van der Waals surface area (Å²) in [6.07, 6.45) is 8.58. The molecule has 0 saturated carbocycles. The summed E-state index contributed by atoms with van der Waals surface area (Å²) in [5.74, 6) is 0.795. The van der Waals surface area contributed by atoms with Gasteiger partial charge in [0.2, 0.25) is 0 Å². The van der Waals surface area contributed by atoms with Gasteiger partial charge in [-0.05, 0) is 57.2 Å². The first-order valence-corrected chi connectivity index (χ1v) is 8.96. The molecule has 5 nitrogen and oxygen atoms in total. The quantitative estimate of drug-likeness (QED) is 0.671. The van der Waals surface area contributed by atoms with E-state index in [1.54, 1.807) is 13.3 Å². The number of aldehydes is 1. The third kappa shape index (κ3) is 4.29. The summed E-state index contributed by atoms with van der Waals surface area (Å²) in [6.45, 7) is 2.64. The Balaban J connectivity index is 0.000000236. The summed E-state index contributed by atoms with van der Waals surface area (Å²) < 4.78 is 7.19. The van der Waals surface area contributed by atoms with Crippen molar-refractivity contribution in [1.29, 1.82) is 0 Å². The fraction of sp³-hybridized carbons (Fsp3) is 0.333. The number of carbonyl (C=O) groups is 1. The fourth-order valence-corrected chi connectivity index (χ4v) is 3.13. The second kappa shape index (κ2) is 8.63. The number of methoxy groups -OCH3 is 1. The molecule has 1 saturated heterocycles. The molecule has 4 rings (SSSR count). The lowest BCUT2D eigenvalue weighted by molar-refractivity contribution is 0.112. The molecule has 1 aliphatic heterocycles. The van der Waals surface area contributed by atoms with Crippen LogP contribution in [0.15, 0.2) is 48.8 Å². The molecule has 5 heteroatoms. The van der Waals surface area contributed by atoms with Crippen molar-refractivity contribution in [3.63, 3.8) is 0 Å². The van der Waals surface area contributed by atoms with Crippen molar-refractivity contribution in [2.75, 3.05) is 27.2 Å². The minimum absolute atomic E-state index is 0.580. The van der Waals surface area contributed by atoms with Crippen molar-refractivity contribution in [3.05, 3.63) is 54.4 Å². The number of nitrogens with zero attached hydrogens (tertiary/aromatic N) is 3. The van der Waals surface area contributed by atoms with E-state index in [9.17, 15) is 4.79 Å².